The van der Waals surface area contributed by atoms with Crippen molar-refractivity contribution in [1.29, 1.82) is 0 Å². The molecule has 0 amide bonds. The molecule has 2 aromatic heterocycles. The number of benzene rings is 1. The van der Waals surface area contributed by atoms with E-state index in [2.05, 4.69) is 15.1 Å². The molecule has 29 heavy (non-hydrogen) atoms. The van der Waals surface area contributed by atoms with E-state index in [0.29, 0.717) is 15.4 Å². The lowest BCUT2D eigenvalue weighted by Gasteiger charge is -2.25. The molecule has 1 fully saturated rings. The van der Waals surface area contributed by atoms with Crippen LogP contribution in [0.3, 0.4) is 0 Å². The lowest BCUT2D eigenvalue weighted by Crippen LogP contribution is -2.44. The molecule has 1 aromatic carbocycles. The molecule has 0 bridgehead atoms. The topological polar surface area (TPSA) is 83.9 Å². The highest BCUT2D eigenvalue weighted by Gasteiger charge is 2.50. The Labute approximate surface area is 163 Å². The fraction of sp³-hybridized carbons (Fsp3) is 0.412. The molecule has 1 saturated heterocycles. The molecule has 12 heteroatoms. The lowest BCUT2D eigenvalue weighted by molar-refractivity contribution is -0.165. The van der Waals surface area contributed by atoms with Gasteiger partial charge in [0.1, 0.15) is 23.2 Å². The maximum atomic E-state index is 14.5. The van der Waals surface area contributed by atoms with Gasteiger partial charge in [0.15, 0.2) is 5.82 Å². The number of halogens is 4. The Morgan fingerprint density at radius 1 is 1.28 bits per heavy atom. The van der Waals surface area contributed by atoms with Crippen molar-refractivity contribution in [2.75, 3.05) is 6.54 Å². The normalized spacial score (nSPS) is 18.8. The van der Waals surface area contributed by atoms with Crippen LogP contribution in [0.5, 0.6) is 0 Å². The van der Waals surface area contributed by atoms with Crippen LogP contribution in [0.25, 0.3) is 22.3 Å². The van der Waals surface area contributed by atoms with Crippen molar-refractivity contribution >= 4 is 20.9 Å². The summed E-state index contributed by atoms with van der Waals surface area (Å²) in [4.78, 5) is 6.59. The van der Waals surface area contributed by atoms with Crippen LogP contribution >= 0.6 is 0 Å². The van der Waals surface area contributed by atoms with Crippen LogP contribution < -0.4 is 0 Å². The molecule has 1 aliphatic heterocycles. The van der Waals surface area contributed by atoms with E-state index in [9.17, 15) is 26.0 Å². The van der Waals surface area contributed by atoms with E-state index in [1.165, 1.54) is 17.1 Å². The van der Waals surface area contributed by atoms with Crippen LogP contribution in [0.1, 0.15) is 18.4 Å². The Balaban J connectivity index is 1.89. The number of aromatic amines is 1. The third-order valence-electron chi connectivity index (χ3n) is 5.03. The van der Waals surface area contributed by atoms with E-state index in [0.717, 1.165) is 6.07 Å². The van der Waals surface area contributed by atoms with Crippen molar-refractivity contribution < 1.29 is 26.0 Å². The molecule has 4 rings (SSSR count). The minimum Gasteiger partial charge on any atom is -0.342 e. The van der Waals surface area contributed by atoms with Gasteiger partial charge in [0.05, 0.1) is 5.52 Å². The molecule has 1 N–H and O–H groups in total. The van der Waals surface area contributed by atoms with Gasteiger partial charge in [-0.15, -0.1) is 0 Å². The van der Waals surface area contributed by atoms with E-state index in [1.807, 2.05) is 0 Å². The molecular formula is C17H17F4N5O2S. The summed E-state index contributed by atoms with van der Waals surface area (Å²) in [6, 6.07) is 0.260. The maximum absolute atomic E-state index is 14.5. The number of fused-ring (bicyclic) bond motifs is 1. The van der Waals surface area contributed by atoms with Gasteiger partial charge in [0.25, 0.3) is 10.0 Å². The first-order valence-corrected chi connectivity index (χ1v) is 10.2. The molecule has 7 nitrogen and oxygen atoms in total. The van der Waals surface area contributed by atoms with Crippen molar-refractivity contribution in [3.63, 3.8) is 0 Å². The zero-order chi connectivity index (χ0) is 21.1. The summed E-state index contributed by atoms with van der Waals surface area (Å²) >= 11 is 0. The summed E-state index contributed by atoms with van der Waals surface area (Å²) in [5.74, 6) is -0.459. The van der Waals surface area contributed by atoms with Crippen LogP contribution in [0.4, 0.5) is 17.6 Å². The molecule has 0 spiro atoms. The van der Waals surface area contributed by atoms with E-state index >= 15 is 0 Å². The monoisotopic (exact) mass is 431 g/mol. The second-order valence-electron chi connectivity index (χ2n) is 7.03. The average Bonchev–Trinajstić information content (AvgIpc) is 3.32. The van der Waals surface area contributed by atoms with Gasteiger partial charge >= 0.3 is 6.18 Å². The number of aryl methyl sites for hydroxylation is 2. The standard InChI is InChI=1S/C17H17F4N5O2S/c1-9-6-11(18)15-10(14(9)16-22-8-25(2)24-16)7-13(23-15)29(27,28)26-5-3-4-12(26)17(19,20)21/h6-8,12,23H,3-5H2,1-2H3. The van der Waals surface area contributed by atoms with Crippen molar-refractivity contribution in [2.24, 2.45) is 7.05 Å². The minimum atomic E-state index is -4.68. The molecule has 1 aliphatic rings. The highest BCUT2D eigenvalue weighted by atomic mass is 32.2. The number of nitrogens with zero attached hydrogens (tertiary/aromatic N) is 4. The van der Waals surface area contributed by atoms with Crippen LogP contribution in [-0.2, 0) is 17.1 Å². The smallest absolute Gasteiger partial charge is 0.342 e. The van der Waals surface area contributed by atoms with Gasteiger partial charge in [-0.1, -0.05) is 0 Å². The van der Waals surface area contributed by atoms with Crippen LogP contribution in [0, 0.1) is 12.7 Å². The Kier molecular flexibility index (Phi) is 4.46. The van der Waals surface area contributed by atoms with E-state index in [-0.39, 0.29) is 36.1 Å². The number of aromatic nitrogens is 4. The van der Waals surface area contributed by atoms with Crippen molar-refractivity contribution in [2.45, 2.75) is 37.0 Å². The number of hydrogen-bond donors (Lipinski definition) is 1. The molecule has 0 saturated carbocycles. The molecular weight excluding hydrogens is 414 g/mol. The highest BCUT2D eigenvalue weighted by molar-refractivity contribution is 7.89. The third kappa shape index (κ3) is 3.19. The van der Waals surface area contributed by atoms with Crippen molar-refractivity contribution in [3.8, 4) is 11.4 Å². The average molecular weight is 431 g/mol. The summed E-state index contributed by atoms with van der Waals surface area (Å²) in [6.07, 6.45) is -3.45. The van der Waals surface area contributed by atoms with E-state index in [4.69, 9.17) is 0 Å². The molecule has 3 heterocycles. The fourth-order valence-corrected chi connectivity index (χ4v) is 5.41. The van der Waals surface area contributed by atoms with E-state index in [1.54, 1.807) is 14.0 Å². The molecule has 1 atom stereocenters. The van der Waals surface area contributed by atoms with Crippen LogP contribution in [-0.4, -0.2) is 51.2 Å². The predicted molar refractivity (Wildman–Crippen MR) is 96.0 cm³/mol. The van der Waals surface area contributed by atoms with Gasteiger partial charge < -0.3 is 4.98 Å². The SMILES string of the molecule is Cc1cc(F)c2[nH]c(S(=O)(=O)N3CCCC3C(F)(F)F)cc2c1-c1ncn(C)n1. The van der Waals surface area contributed by atoms with Gasteiger partial charge in [-0.05, 0) is 37.5 Å². The van der Waals surface area contributed by atoms with Crippen molar-refractivity contribution in [1.82, 2.24) is 24.1 Å². The zero-order valence-corrected chi connectivity index (χ0v) is 16.3. The summed E-state index contributed by atoms with van der Waals surface area (Å²) in [7, 11) is -2.87. The Morgan fingerprint density at radius 2 is 2.00 bits per heavy atom. The highest BCUT2D eigenvalue weighted by Crippen LogP contribution is 2.38. The Bertz CT molecular complexity index is 1200. The molecule has 156 valence electrons. The van der Waals surface area contributed by atoms with Gasteiger partial charge in [0, 0.05) is 24.5 Å². The summed E-state index contributed by atoms with van der Waals surface area (Å²) < 4.78 is 82.1. The molecule has 3 aromatic rings. The third-order valence-corrected chi connectivity index (χ3v) is 6.86. The maximum Gasteiger partial charge on any atom is 0.405 e. The largest absolute Gasteiger partial charge is 0.405 e. The van der Waals surface area contributed by atoms with E-state index < -0.39 is 33.1 Å². The van der Waals surface area contributed by atoms with Gasteiger partial charge in [-0.3, -0.25) is 4.68 Å². The summed E-state index contributed by atoms with van der Waals surface area (Å²) in [5, 5.41) is 3.87. The van der Waals surface area contributed by atoms with Gasteiger partial charge in [-0.25, -0.2) is 17.8 Å². The Hall–Kier alpha value is -2.47. The minimum absolute atomic E-state index is 0.0974. The van der Waals surface area contributed by atoms with Crippen LogP contribution in [0.15, 0.2) is 23.5 Å². The first-order valence-electron chi connectivity index (χ1n) is 8.76. The fourth-order valence-electron chi connectivity index (χ4n) is 3.73. The van der Waals surface area contributed by atoms with Gasteiger partial charge in [-0.2, -0.15) is 22.6 Å². The van der Waals surface area contributed by atoms with Crippen LogP contribution in [0.2, 0.25) is 0 Å². The molecule has 1 unspecified atom stereocenters. The predicted octanol–water partition coefficient (Wildman–Crippen LogP) is 3.13. The lowest BCUT2D eigenvalue weighted by atomic mass is 10.0. The molecule has 0 aliphatic carbocycles. The number of alkyl halides is 3. The Morgan fingerprint density at radius 3 is 2.62 bits per heavy atom. The molecule has 0 radical (unpaired) electrons. The quantitative estimate of drug-likeness (QED) is 0.646. The first kappa shape index (κ1) is 19.8. The number of hydrogen-bond acceptors (Lipinski definition) is 4. The van der Waals surface area contributed by atoms with Gasteiger partial charge in [0.2, 0.25) is 0 Å². The number of rotatable bonds is 3. The van der Waals surface area contributed by atoms with Crippen molar-refractivity contribution in [3.05, 3.63) is 29.8 Å². The zero-order valence-electron chi connectivity index (χ0n) is 15.5. The second kappa shape index (κ2) is 6.52. The first-order chi connectivity index (χ1) is 13.5. The number of sulfonamides is 1. The number of H-pyrrole nitrogens is 1. The summed E-state index contributed by atoms with van der Waals surface area (Å²) in [5.41, 5.74) is 0.756. The second-order valence-corrected chi connectivity index (χ2v) is 8.89. The number of nitrogens with one attached hydrogen (secondary N) is 1. The summed E-state index contributed by atoms with van der Waals surface area (Å²) in [6.45, 7) is 1.37.